The average molecular weight is 438 g/mol. The van der Waals surface area contributed by atoms with E-state index in [2.05, 4.69) is 20.3 Å². The first-order valence-electron chi connectivity index (χ1n) is 11.3. The van der Waals surface area contributed by atoms with E-state index in [1.165, 1.54) is 0 Å². The Morgan fingerprint density at radius 2 is 2.00 bits per heavy atom. The maximum Gasteiger partial charge on any atom is 0.249 e. The van der Waals surface area contributed by atoms with Crippen LogP contribution in [-0.4, -0.2) is 50.8 Å². The van der Waals surface area contributed by atoms with Crippen LogP contribution < -0.4 is 0 Å². The molecule has 2 aromatic heterocycles. The van der Waals surface area contributed by atoms with Crippen molar-refractivity contribution in [2.45, 2.75) is 57.4 Å². The summed E-state index contributed by atoms with van der Waals surface area (Å²) in [5.74, 6) is 2.58. The fraction of sp³-hybridized carbons (Fsp3) is 0.522. The van der Waals surface area contributed by atoms with Gasteiger partial charge in [-0.3, -0.25) is 4.79 Å². The maximum absolute atomic E-state index is 13.0. The third-order valence-corrected chi connectivity index (χ3v) is 6.20. The second kappa shape index (κ2) is 9.20. The van der Waals surface area contributed by atoms with Crippen LogP contribution in [0.25, 0.3) is 11.4 Å². The van der Waals surface area contributed by atoms with Crippen LogP contribution in [-0.2, 0) is 16.0 Å². The number of carbonyl (C=O) groups is 1. The summed E-state index contributed by atoms with van der Waals surface area (Å²) in [6, 6.07) is 7.77. The normalized spacial score (nSPS) is 19.5. The van der Waals surface area contributed by atoms with Gasteiger partial charge in [-0.25, -0.2) is 0 Å². The molecule has 3 aromatic rings. The molecule has 9 heteroatoms. The Hall–Kier alpha value is -3.07. The van der Waals surface area contributed by atoms with Crippen LogP contribution >= 0.6 is 0 Å². The van der Waals surface area contributed by atoms with Crippen LogP contribution in [0.3, 0.4) is 0 Å². The Morgan fingerprint density at radius 1 is 1.12 bits per heavy atom. The van der Waals surface area contributed by atoms with Crippen molar-refractivity contribution in [2.24, 2.45) is 0 Å². The van der Waals surface area contributed by atoms with E-state index in [1.54, 1.807) is 0 Å². The van der Waals surface area contributed by atoms with Gasteiger partial charge in [0.1, 0.15) is 6.04 Å². The van der Waals surface area contributed by atoms with Gasteiger partial charge in [0, 0.05) is 44.1 Å². The Balaban J connectivity index is 1.21. The molecule has 2 saturated heterocycles. The second-order valence-corrected chi connectivity index (χ2v) is 8.50. The topological polar surface area (TPSA) is 107 Å². The van der Waals surface area contributed by atoms with Crippen molar-refractivity contribution >= 4 is 5.91 Å². The fourth-order valence-corrected chi connectivity index (χ4v) is 4.44. The molecule has 1 atom stereocenters. The van der Waals surface area contributed by atoms with Crippen LogP contribution in [0.2, 0.25) is 0 Å². The van der Waals surface area contributed by atoms with E-state index in [0.29, 0.717) is 37.0 Å². The van der Waals surface area contributed by atoms with Crippen LogP contribution in [0.1, 0.15) is 67.2 Å². The Morgan fingerprint density at radius 3 is 2.84 bits per heavy atom. The zero-order valence-electron chi connectivity index (χ0n) is 18.2. The number of nitrogens with zero attached hydrogens (tertiary/aromatic N) is 5. The van der Waals surface area contributed by atoms with Crippen LogP contribution in [0, 0.1) is 6.92 Å². The summed E-state index contributed by atoms with van der Waals surface area (Å²) < 4.78 is 16.4. The lowest BCUT2D eigenvalue weighted by Gasteiger charge is -2.21. The van der Waals surface area contributed by atoms with E-state index in [1.807, 2.05) is 36.1 Å². The monoisotopic (exact) mass is 437 g/mol. The summed E-state index contributed by atoms with van der Waals surface area (Å²) in [5, 5.41) is 8.26. The number of carbonyl (C=O) groups excluding carboxylic acids is 1. The molecule has 1 aromatic carbocycles. The highest BCUT2D eigenvalue weighted by atomic mass is 16.5. The van der Waals surface area contributed by atoms with Crippen molar-refractivity contribution in [3.05, 3.63) is 47.4 Å². The number of hydrogen-bond acceptors (Lipinski definition) is 8. The molecule has 4 heterocycles. The first-order chi connectivity index (χ1) is 15.7. The molecule has 0 aliphatic carbocycles. The summed E-state index contributed by atoms with van der Waals surface area (Å²) in [5.41, 5.74) is 2.03. The minimum atomic E-state index is -0.158. The lowest BCUT2D eigenvalue weighted by molar-refractivity contribution is -0.132. The number of benzene rings is 1. The predicted molar refractivity (Wildman–Crippen MR) is 114 cm³/mol. The SMILES string of the molecule is Cc1cccc(-c2noc(CCC(=O)N3CCCC3c3nc(C4CCOCC4)no3)n2)c1. The molecule has 2 fully saturated rings. The summed E-state index contributed by atoms with van der Waals surface area (Å²) in [6.07, 6.45) is 4.26. The summed E-state index contributed by atoms with van der Waals surface area (Å²) in [4.78, 5) is 23.9. The van der Waals surface area contributed by atoms with Crippen molar-refractivity contribution in [1.29, 1.82) is 0 Å². The van der Waals surface area contributed by atoms with E-state index in [9.17, 15) is 4.79 Å². The Kier molecular flexibility index (Phi) is 5.98. The molecule has 32 heavy (non-hydrogen) atoms. The van der Waals surface area contributed by atoms with Gasteiger partial charge in [-0.05, 0) is 38.7 Å². The first-order valence-corrected chi connectivity index (χ1v) is 11.3. The number of aryl methyl sites for hydroxylation is 2. The summed E-state index contributed by atoms with van der Waals surface area (Å²) >= 11 is 0. The number of rotatable bonds is 6. The highest BCUT2D eigenvalue weighted by Gasteiger charge is 2.34. The minimum Gasteiger partial charge on any atom is -0.381 e. The van der Waals surface area contributed by atoms with Gasteiger partial charge in [0.2, 0.25) is 23.5 Å². The lowest BCUT2D eigenvalue weighted by atomic mass is 10.00. The molecule has 0 spiro atoms. The van der Waals surface area contributed by atoms with Crippen molar-refractivity contribution < 1.29 is 18.6 Å². The molecule has 1 unspecified atom stereocenters. The number of aromatic nitrogens is 4. The number of ether oxygens (including phenoxy) is 1. The fourth-order valence-electron chi connectivity index (χ4n) is 4.44. The summed E-state index contributed by atoms with van der Waals surface area (Å²) in [7, 11) is 0. The number of likely N-dealkylation sites (tertiary alicyclic amines) is 1. The largest absolute Gasteiger partial charge is 0.381 e. The molecule has 2 aliphatic rings. The lowest BCUT2D eigenvalue weighted by Crippen LogP contribution is -2.31. The molecular weight excluding hydrogens is 410 g/mol. The number of hydrogen-bond donors (Lipinski definition) is 0. The van der Waals surface area contributed by atoms with E-state index < -0.39 is 0 Å². The number of amides is 1. The molecule has 0 N–H and O–H groups in total. The van der Waals surface area contributed by atoms with Gasteiger partial charge in [-0.15, -0.1) is 0 Å². The van der Waals surface area contributed by atoms with E-state index in [4.69, 9.17) is 13.8 Å². The first kappa shape index (κ1) is 20.8. The van der Waals surface area contributed by atoms with Gasteiger partial charge in [0.25, 0.3) is 0 Å². The Labute approximate surface area is 186 Å². The van der Waals surface area contributed by atoms with Crippen molar-refractivity contribution in [2.75, 3.05) is 19.8 Å². The molecule has 0 bridgehead atoms. The molecule has 5 rings (SSSR count). The molecular formula is C23H27N5O4. The van der Waals surface area contributed by atoms with Gasteiger partial charge < -0.3 is 18.7 Å². The van der Waals surface area contributed by atoms with E-state index in [-0.39, 0.29) is 17.9 Å². The molecule has 9 nitrogen and oxygen atoms in total. The van der Waals surface area contributed by atoms with Gasteiger partial charge in [-0.1, -0.05) is 34.1 Å². The van der Waals surface area contributed by atoms with Crippen molar-refractivity contribution in [1.82, 2.24) is 25.2 Å². The highest BCUT2D eigenvalue weighted by Crippen LogP contribution is 2.33. The quantitative estimate of drug-likeness (QED) is 0.575. The second-order valence-electron chi connectivity index (χ2n) is 8.50. The molecule has 0 saturated carbocycles. The third kappa shape index (κ3) is 4.43. The minimum absolute atomic E-state index is 0.0358. The van der Waals surface area contributed by atoms with Gasteiger partial charge >= 0.3 is 0 Å². The van der Waals surface area contributed by atoms with E-state index in [0.717, 1.165) is 55.8 Å². The van der Waals surface area contributed by atoms with Crippen molar-refractivity contribution in [3.63, 3.8) is 0 Å². The average Bonchev–Trinajstić information content (AvgIpc) is 3.58. The molecule has 2 aliphatic heterocycles. The van der Waals surface area contributed by atoms with Gasteiger partial charge in [0.05, 0.1) is 0 Å². The van der Waals surface area contributed by atoms with Crippen LogP contribution in [0.15, 0.2) is 33.3 Å². The zero-order valence-corrected chi connectivity index (χ0v) is 18.2. The highest BCUT2D eigenvalue weighted by molar-refractivity contribution is 5.77. The molecule has 1 amide bonds. The summed E-state index contributed by atoms with van der Waals surface area (Å²) in [6.45, 7) is 4.16. The van der Waals surface area contributed by atoms with Crippen LogP contribution in [0.4, 0.5) is 0 Å². The maximum atomic E-state index is 13.0. The predicted octanol–water partition coefficient (Wildman–Crippen LogP) is 3.62. The Bertz CT molecular complexity index is 1070. The third-order valence-electron chi connectivity index (χ3n) is 6.20. The smallest absolute Gasteiger partial charge is 0.249 e. The molecule has 168 valence electrons. The van der Waals surface area contributed by atoms with Crippen LogP contribution in [0.5, 0.6) is 0 Å². The van der Waals surface area contributed by atoms with Gasteiger partial charge in [0.15, 0.2) is 5.82 Å². The zero-order chi connectivity index (χ0) is 21.9. The van der Waals surface area contributed by atoms with E-state index >= 15 is 0 Å². The molecule has 0 radical (unpaired) electrons. The van der Waals surface area contributed by atoms with Crippen molar-refractivity contribution in [3.8, 4) is 11.4 Å². The van der Waals surface area contributed by atoms with Gasteiger partial charge in [-0.2, -0.15) is 9.97 Å². The standard InChI is InChI=1S/C23H27N5O4/c1-15-4-2-5-17(14-15)22-24-19(31-26-22)7-8-20(29)28-11-3-6-18(28)23-25-21(27-32-23)16-9-12-30-13-10-16/h2,4-5,14,16,18H,3,6-13H2,1H3.